The number of halogens is 1. The molecule has 0 aliphatic carbocycles. The van der Waals surface area contributed by atoms with E-state index in [0.717, 1.165) is 42.8 Å². The molecule has 2 fully saturated rings. The Hall–Kier alpha value is -4.30. The van der Waals surface area contributed by atoms with E-state index in [1.54, 1.807) is 24.3 Å². The fraction of sp³-hybridized carbons (Fsp3) is 0.394. The van der Waals surface area contributed by atoms with Gasteiger partial charge in [-0.15, -0.1) is 11.8 Å². The van der Waals surface area contributed by atoms with Gasteiger partial charge in [0.15, 0.2) is 0 Å². The minimum Gasteiger partial charge on any atom is -0.488 e. The van der Waals surface area contributed by atoms with E-state index in [1.807, 2.05) is 23.9 Å². The molecule has 3 amide bonds. The van der Waals surface area contributed by atoms with Crippen LogP contribution in [0.4, 0.5) is 10.1 Å². The molecule has 2 saturated heterocycles. The Morgan fingerprint density at radius 3 is 2.66 bits per heavy atom. The van der Waals surface area contributed by atoms with Gasteiger partial charge in [0.2, 0.25) is 11.8 Å². The summed E-state index contributed by atoms with van der Waals surface area (Å²) in [5, 5.41) is 12.0. The summed E-state index contributed by atoms with van der Waals surface area (Å²) in [4.78, 5) is 43.0. The van der Waals surface area contributed by atoms with Gasteiger partial charge in [-0.1, -0.05) is 18.2 Å². The van der Waals surface area contributed by atoms with Crippen LogP contribution in [0, 0.1) is 17.1 Å². The van der Waals surface area contributed by atoms with E-state index in [4.69, 9.17) is 10.00 Å². The number of carbonyl (C=O) groups is 3. The number of anilines is 1. The summed E-state index contributed by atoms with van der Waals surface area (Å²) in [5.41, 5.74) is 4.32. The third-order valence-electron chi connectivity index (χ3n) is 8.95. The number of carbonyl (C=O) groups excluding carboxylic acids is 3. The predicted octanol–water partition coefficient (Wildman–Crippen LogP) is 4.34. The number of hydrogen-bond donors (Lipinski definition) is 1. The highest BCUT2D eigenvalue weighted by atomic mass is 32.2. The van der Waals surface area contributed by atoms with E-state index < -0.39 is 11.9 Å². The predicted molar refractivity (Wildman–Crippen MR) is 165 cm³/mol. The summed E-state index contributed by atoms with van der Waals surface area (Å²) in [6, 6.07) is 11.4. The molecular weight excluding hydrogens is 581 g/mol. The van der Waals surface area contributed by atoms with Gasteiger partial charge in [0.1, 0.15) is 24.2 Å². The average molecular weight is 616 g/mol. The third kappa shape index (κ3) is 5.78. The molecule has 44 heavy (non-hydrogen) atoms. The number of allylic oxidation sites excluding steroid dienone is 1. The van der Waals surface area contributed by atoms with E-state index in [1.165, 1.54) is 11.0 Å². The highest BCUT2D eigenvalue weighted by Gasteiger charge is 2.40. The standard InChI is InChI=1S/C33H34FN5O4S/c1-20-22(19-43-29-5-3-4-24-25(29)18-39(33(24)42)28-9-10-30(40)36-32(28)41)7-11-31(37(20)2)44-23-12-14-38(15-13-23)27-8-6-21(17-35)16-26(27)34/h3-8,11,16,23,28,31H,9-10,12-15,18-19H2,1-2H3,(H,36,40,41)/t28-,31?/m1/s1. The Balaban J connectivity index is 1.04. The summed E-state index contributed by atoms with van der Waals surface area (Å²) < 4.78 is 20.8. The first-order chi connectivity index (χ1) is 21.2. The van der Waals surface area contributed by atoms with Gasteiger partial charge in [0, 0.05) is 54.2 Å². The second kappa shape index (κ2) is 12.4. The van der Waals surface area contributed by atoms with Gasteiger partial charge in [-0.05, 0) is 56.5 Å². The summed E-state index contributed by atoms with van der Waals surface area (Å²) in [6.07, 6.45) is 6.70. The summed E-state index contributed by atoms with van der Waals surface area (Å²) in [7, 11) is 2.08. The van der Waals surface area contributed by atoms with Crippen LogP contribution in [-0.4, -0.2) is 70.9 Å². The Morgan fingerprint density at radius 1 is 1.14 bits per heavy atom. The van der Waals surface area contributed by atoms with E-state index >= 15 is 0 Å². The first-order valence-corrected chi connectivity index (χ1v) is 15.8. The molecule has 228 valence electrons. The first-order valence-electron chi connectivity index (χ1n) is 14.8. The van der Waals surface area contributed by atoms with Gasteiger partial charge in [0.05, 0.1) is 29.2 Å². The van der Waals surface area contributed by atoms with E-state index in [0.29, 0.717) is 40.8 Å². The van der Waals surface area contributed by atoms with Crippen molar-refractivity contribution in [3.63, 3.8) is 0 Å². The number of nitrogens with zero attached hydrogens (tertiary/aromatic N) is 4. The summed E-state index contributed by atoms with van der Waals surface area (Å²) >= 11 is 1.91. The molecule has 0 spiro atoms. The van der Waals surface area contributed by atoms with Crippen molar-refractivity contribution in [1.29, 1.82) is 5.26 Å². The molecule has 11 heteroatoms. The van der Waals surface area contributed by atoms with Crippen LogP contribution in [0.25, 0.3) is 0 Å². The third-order valence-corrected chi connectivity index (χ3v) is 10.6. The highest BCUT2D eigenvalue weighted by molar-refractivity contribution is 8.00. The molecule has 2 aromatic carbocycles. The molecule has 4 aliphatic rings. The van der Waals surface area contributed by atoms with Crippen LogP contribution in [0.3, 0.4) is 0 Å². The van der Waals surface area contributed by atoms with Crippen LogP contribution in [-0.2, 0) is 16.1 Å². The summed E-state index contributed by atoms with van der Waals surface area (Å²) in [5.74, 6) is -0.696. The van der Waals surface area contributed by atoms with E-state index in [9.17, 15) is 18.8 Å². The number of amides is 3. The number of piperidine rings is 2. The molecule has 0 bridgehead atoms. The number of ether oxygens (including phenoxy) is 1. The number of nitrogens with one attached hydrogen (secondary N) is 1. The average Bonchev–Trinajstić information content (AvgIpc) is 3.36. The maximum atomic E-state index is 14.5. The van der Waals surface area contributed by atoms with Gasteiger partial charge in [-0.2, -0.15) is 5.26 Å². The molecule has 9 nitrogen and oxygen atoms in total. The topological polar surface area (TPSA) is 106 Å². The fourth-order valence-corrected chi connectivity index (χ4v) is 7.65. The van der Waals surface area contributed by atoms with Gasteiger partial charge < -0.3 is 19.4 Å². The SMILES string of the molecule is CC1=C(COc2cccc3c2CN([C@@H]2CCC(=O)NC2=O)C3=O)C=CC(SC2CCN(c3ccc(C#N)cc3F)CC2)N1C. The van der Waals surface area contributed by atoms with Crippen LogP contribution >= 0.6 is 11.8 Å². The van der Waals surface area contributed by atoms with E-state index in [2.05, 4.69) is 41.2 Å². The molecule has 0 radical (unpaired) electrons. The zero-order valence-electron chi connectivity index (χ0n) is 24.7. The molecular formula is C33H34FN5O4S. The second-order valence-electron chi connectivity index (χ2n) is 11.5. The largest absolute Gasteiger partial charge is 0.488 e. The number of hydrogen-bond acceptors (Lipinski definition) is 8. The highest BCUT2D eigenvalue weighted by Crippen LogP contribution is 2.37. The lowest BCUT2D eigenvalue weighted by Gasteiger charge is -2.38. The van der Waals surface area contributed by atoms with Gasteiger partial charge in [-0.3, -0.25) is 19.7 Å². The Morgan fingerprint density at radius 2 is 1.93 bits per heavy atom. The van der Waals surface area contributed by atoms with Crippen LogP contribution in [0.15, 0.2) is 59.8 Å². The van der Waals surface area contributed by atoms with Crippen molar-refractivity contribution in [2.75, 3.05) is 31.6 Å². The number of imide groups is 1. The van der Waals surface area contributed by atoms with Gasteiger partial charge in [-0.25, -0.2) is 4.39 Å². The smallest absolute Gasteiger partial charge is 0.255 e. The normalized spacial score (nSPS) is 22.3. The molecule has 2 atom stereocenters. The van der Waals surface area contributed by atoms with Crippen molar-refractivity contribution >= 4 is 35.2 Å². The van der Waals surface area contributed by atoms with Crippen molar-refractivity contribution in [1.82, 2.24) is 15.1 Å². The van der Waals surface area contributed by atoms with Crippen molar-refractivity contribution in [2.24, 2.45) is 0 Å². The van der Waals surface area contributed by atoms with Crippen molar-refractivity contribution in [2.45, 2.75) is 55.8 Å². The van der Waals surface area contributed by atoms with Crippen LogP contribution in [0.2, 0.25) is 0 Å². The number of likely N-dealkylation sites (N-methyl/N-ethyl adjacent to an activating group) is 1. The summed E-state index contributed by atoms with van der Waals surface area (Å²) in [6.45, 7) is 4.20. The molecule has 0 aromatic heterocycles. The Kier molecular flexibility index (Phi) is 8.36. The molecule has 1 unspecified atom stereocenters. The van der Waals surface area contributed by atoms with Crippen molar-refractivity contribution < 1.29 is 23.5 Å². The fourth-order valence-electron chi connectivity index (χ4n) is 6.27. The Labute approximate surface area is 260 Å². The zero-order valence-corrected chi connectivity index (χ0v) is 25.5. The number of fused-ring (bicyclic) bond motifs is 1. The zero-order chi connectivity index (χ0) is 31.0. The maximum Gasteiger partial charge on any atom is 0.255 e. The lowest BCUT2D eigenvalue weighted by atomic mass is 10.0. The number of thioether (sulfide) groups is 1. The molecule has 1 N–H and O–H groups in total. The van der Waals surface area contributed by atoms with E-state index in [-0.39, 0.29) is 36.0 Å². The second-order valence-corrected chi connectivity index (χ2v) is 13.0. The molecule has 6 rings (SSSR count). The monoisotopic (exact) mass is 615 g/mol. The lowest BCUT2D eigenvalue weighted by molar-refractivity contribution is -0.136. The quantitative estimate of drug-likeness (QED) is 0.459. The van der Waals surface area contributed by atoms with Gasteiger partial charge >= 0.3 is 0 Å². The molecule has 0 saturated carbocycles. The first kappa shape index (κ1) is 29.8. The maximum absolute atomic E-state index is 14.5. The molecule has 4 aliphatic heterocycles. The van der Waals surface area contributed by atoms with Crippen LogP contribution in [0.5, 0.6) is 5.75 Å². The minimum absolute atomic E-state index is 0.169. The van der Waals surface area contributed by atoms with Crippen molar-refractivity contribution in [3.05, 3.63) is 82.3 Å². The van der Waals surface area contributed by atoms with Crippen LogP contribution < -0.4 is 15.0 Å². The number of rotatable bonds is 7. The van der Waals surface area contributed by atoms with Crippen molar-refractivity contribution in [3.8, 4) is 11.8 Å². The number of nitriles is 1. The molecule has 2 aromatic rings. The Bertz CT molecular complexity index is 1610. The molecule has 4 heterocycles. The van der Waals surface area contributed by atoms with Crippen LogP contribution in [0.1, 0.15) is 54.1 Å². The number of benzene rings is 2. The van der Waals surface area contributed by atoms with Gasteiger partial charge in [0.25, 0.3) is 5.91 Å². The lowest BCUT2D eigenvalue weighted by Crippen LogP contribution is -2.52. The minimum atomic E-state index is -0.667.